The molecule has 32 heavy (non-hydrogen) atoms. The van der Waals surface area contributed by atoms with Gasteiger partial charge < -0.3 is 10.2 Å². The monoisotopic (exact) mass is 441 g/mol. The number of carbonyl (C=O) groups excluding carboxylic acids is 2. The van der Waals surface area contributed by atoms with Crippen LogP contribution in [0.4, 0.5) is 8.78 Å². The lowest BCUT2D eigenvalue weighted by Crippen LogP contribution is -2.56. The number of nitrogens with zero attached hydrogens (tertiary/aromatic N) is 2. The fourth-order valence-electron chi connectivity index (χ4n) is 3.69. The maximum atomic E-state index is 14.0. The highest BCUT2D eigenvalue weighted by molar-refractivity contribution is 5.98. The van der Waals surface area contributed by atoms with E-state index in [0.717, 1.165) is 24.2 Å². The number of carbonyl (C=O) groups is 2. The zero-order valence-corrected chi connectivity index (χ0v) is 18.4. The van der Waals surface area contributed by atoms with E-state index < -0.39 is 29.1 Å². The van der Waals surface area contributed by atoms with Gasteiger partial charge in [0.15, 0.2) is 0 Å². The molecule has 2 aromatic carbocycles. The number of nitrogens with one attached hydrogen (secondary N) is 1. The number of hydrogen-bond donors (Lipinski definition) is 1. The SMILES string of the molecule is CC(C)[C@H](NC(=O)c1c(F)cccc1F)C(=O)N1CCN(C/C=C/c2ccccc2)CC1. The second kappa shape index (κ2) is 11.0. The van der Waals surface area contributed by atoms with Crippen molar-refractivity contribution in [3.05, 3.63) is 77.4 Å². The Kier molecular flexibility index (Phi) is 8.11. The highest BCUT2D eigenvalue weighted by Crippen LogP contribution is 2.15. The van der Waals surface area contributed by atoms with Crippen molar-refractivity contribution in [2.75, 3.05) is 32.7 Å². The van der Waals surface area contributed by atoms with E-state index in [9.17, 15) is 18.4 Å². The third-order valence-electron chi connectivity index (χ3n) is 5.57. The second-order valence-electron chi connectivity index (χ2n) is 8.23. The Morgan fingerprint density at radius 3 is 2.19 bits per heavy atom. The Morgan fingerprint density at radius 2 is 1.59 bits per heavy atom. The molecule has 2 amide bonds. The summed E-state index contributed by atoms with van der Waals surface area (Å²) in [6.45, 7) is 6.87. The maximum absolute atomic E-state index is 14.0. The first-order valence-corrected chi connectivity index (χ1v) is 10.8. The molecule has 5 nitrogen and oxygen atoms in total. The Bertz CT molecular complexity index is 935. The molecule has 1 saturated heterocycles. The largest absolute Gasteiger partial charge is 0.340 e. The molecule has 0 aromatic heterocycles. The second-order valence-corrected chi connectivity index (χ2v) is 8.23. The predicted octanol–water partition coefficient (Wildman–Crippen LogP) is 3.58. The van der Waals surface area contributed by atoms with Crippen molar-refractivity contribution in [1.82, 2.24) is 15.1 Å². The van der Waals surface area contributed by atoms with E-state index in [1.807, 2.05) is 30.3 Å². The molecule has 0 saturated carbocycles. The first-order chi connectivity index (χ1) is 15.4. The van der Waals surface area contributed by atoms with Crippen LogP contribution in [0.3, 0.4) is 0 Å². The van der Waals surface area contributed by atoms with Gasteiger partial charge in [-0.05, 0) is 23.6 Å². The van der Waals surface area contributed by atoms with Crippen LogP contribution in [-0.2, 0) is 4.79 Å². The van der Waals surface area contributed by atoms with Gasteiger partial charge in [0.25, 0.3) is 5.91 Å². The van der Waals surface area contributed by atoms with E-state index in [1.54, 1.807) is 18.7 Å². The average molecular weight is 442 g/mol. The van der Waals surface area contributed by atoms with Crippen LogP contribution in [-0.4, -0.2) is 60.4 Å². The Labute approximate surface area is 187 Å². The Balaban J connectivity index is 1.56. The van der Waals surface area contributed by atoms with Crippen LogP contribution in [0.2, 0.25) is 0 Å². The van der Waals surface area contributed by atoms with Gasteiger partial charge in [0.2, 0.25) is 5.91 Å². The average Bonchev–Trinajstić information content (AvgIpc) is 2.78. The summed E-state index contributed by atoms with van der Waals surface area (Å²) in [5, 5.41) is 2.54. The summed E-state index contributed by atoms with van der Waals surface area (Å²) in [4.78, 5) is 29.5. The molecule has 0 bridgehead atoms. The third kappa shape index (κ3) is 6.01. The molecule has 1 heterocycles. The first-order valence-electron chi connectivity index (χ1n) is 10.8. The molecule has 1 atom stereocenters. The van der Waals surface area contributed by atoms with Crippen molar-refractivity contribution in [1.29, 1.82) is 0 Å². The smallest absolute Gasteiger partial charge is 0.257 e. The summed E-state index contributed by atoms with van der Waals surface area (Å²) in [6.07, 6.45) is 4.18. The van der Waals surface area contributed by atoms with Gasteiger partial charge in [-0.3, -0.25) is 14.5 Å². The van der Waals surface area contributed by atoms with Gasteiger partial charge in [-0.25, -0.2) is 8.78 Å². The Morgan fingerprint density at radius 1 is 0.969 bits per heavy atom. The molecule has 1 aliphatic heterocycles. The molecular weight excluding hydrogens is 412 g/mol. The van der Waals surface area contributed by atoms with Crippen molar-refractivity contribution >= 4 is 17.9 Å². The van der Waals surface area contributed by atoms with Crippen molar-refractivity contribution in [2.45, 2.75) is 19.9 Å². The number of halogens is 2. The summed E-state index contributed by atoms with van der Waals surface area (Å²) in [6, 6.07) is 12.4. The lowest BCUT2D eigenvalue weighted by molar-refractivity contribution is -0.136. The van der Waals surface area contributed by atoms with Crippen LogP contribution in [0.25, 0.3) is 6.08 Å². The van der Waals surface area contributed by atoms with Gasteiger partial charge in [0, 0.05) is 32.7 Å². The van der Waals surface area contributed by atoms with Crippen LogP contribution in [0.5, 0.6) is 0 Å². The fraction of sp³-hybridized carbons (Fsp3) is 0.360. The van der Waals surface area contributed by atoms with Gasteiger partial charge in [0.05, 0.1) is 0 Å². The molecule has 0 aliphatic carbocycles. The fourth-order valence-corrected chi connectivity index (χ4v) is 3.69. The standard InChI is InChI=1S/C25H29F2N3O2/c1-18(2)23(28-24(31)22-20(26)11-6-12-21(22)27)25(32)30-16-14-29(15-17-30)13-7-10-19-8-4-3-5-9-19/h3-12,18,23H,13-17H2,1-2H3,(H,28,31)/b10-7+/t23-/m0/s1. The van der Waals surface area contributed by atoms with Gasteiger partial charge in [-0.1, -0.05) is 62.4 Å². The Hall–Kier alpha value is -3.06. The van der Waals surface area contributed by atoms with Crippen LogP contribution >= 0.6 is 0 Å². The van der Waals surface area contributed by atoms with E-state index in [2.05, 4.69) is 22.4 Å². The quantitative estimate of drug-likeness (QED) is 0.715. The van der Waals surface area contributed by atoms with E-state index in [-0.39, 0.29) is 11.8 Å². The van der Waals surface area contributed by atoms with Crippen LogP contribution < -0.4 is 5.32 Å². The highest BCUT2D eigenvalue weighted by Gasteiger charge is 2.32. The van der Waals surface area contributed by atoms with Gasteiger partial charge in [-0.15, -0.1) is 0 Å². The molecule has 170 valence electrons. The summed E-state index contributed by atoms with van der Waals surface area (Å²) in [7, 11) is 0. The third-order valence-corrected chi connectivity index (χ3v) is 5.57. The number of rotatable bonds is 7. The molecule has 0 unspecified atom stereocenters. The molecule has 1 aliphatic rings. The van der Waals surface area contributed by atoms with E-state index >= 15 is 0 Å². The lowest BCUT2D eigenvalue weighted by Gasteiger charge is -2.37. The topological polar surface area (TPSA) is 52.7 Å². The van der Waals surface area contributed by atoms with Crippen LogP contribution in [0.15, 0.2) is 54.6 Å². The maximum Gasteiger partial charge on any atom is 0.257 e. The molecular formula is C25H29F2N3O2. The molecule has 1 fully saturated rings. The van der Waals surface area contributed by atoms with Crippen LogP contribution in [0.1, 0.15) is 29.8 Å². The number of piperazine rings is 1. The minimum absolute atomic E-state index is 0.229. The molecule has 3 rings (SSSR count). The van der Waals surface area contributed by atoms with E-state index in [1.165, 1.54) is 6.07 Å². The van der Waals surface area contributed by atoms with Crippen molar-refractivity contribution < 1.29 is 18.4 Å². The summed E-state index contributed by atoms with van der Waals surface area (Å²) in [5.74, 6) is -3.28. The minimum atomic E-state index is -0.949. The zero-order chi connectivity index (χ0) is 23.1. The van der Waals surface area contributed by atoms with Crippen molar-refractivity contribution in [3.63, 3.8) is 0 Å². The van der Waals surface area contributed by atoms with Gasteiger partial charge in [0.1, 0.15) is 23.2 Å². The minimum Gasteiger partial charge on any atom is -0.340 e. The molecule has 0 spiro atoms. The number of benzene rings is 2. The van der Waals surface area contributed by atoms with Gasteiger partial charge in [-0.2, -0.15) is 0 Å². The molecule has 7 heteroatoms. The van der Waals surface area contributed by atoms with Crippen molar-refractivity contribution in [3.8, 4) is 0 Å². The molecule has 2 aromatic rings. The highest BCUT2D eigenvalue weighted by atomic mass is 19.1. The summed E-state index contributed by atoms with van der Waals surface area (Å²) in [5.41, 5.74) is 0.476. The van der Waals surface area contributed by atoms with Crippen molar-refractivity contribution in [2.24, 2.45) is 5.92 Å². The summed E-state index contributed by atoms with van der Waals surface area (Å²) < 4.78 is 27.9. The van der Waals surface area contributed by atoms with E-state index in [0.29, 0.717) is 26.2 Å². The van der Waals surface area contributed by atoms with Gasteiger partial charge >= 0.3 is 0 Å². The number of amides is 2. The number of hydrogen-bond acceptors (Lipinski definition) is 3. The lowest BCUT2D eigenvalue weighted by atomic mass is 10.0. The summed E-state index contributed by atoms with van der Waals surface area (Å²) >= 11 is 0. The molecule has 0 radical (unpaired) electrons. The van der Waals surface area contributed by atoms with E-state index in [4.69, 9.17) is 0 Å². The normalized spacial score (nSPS) is 15.8. The predicted molar refractivity (Wildman–Crippen MR) is 121 cm³/mol. The first kappa shape index (κ1) is 23.6. The zero-order valence-electron chi connectivity index (χ0n) is 18.4. The molecule has 1 N–H and O–H groups in total. The van der Waals surface area contributed by atoms with Crippen LogP contribution in [0, 0.1) is 17.6 Å².